The molecule has 2 aromatic rings. The summed E-state index contributed by atoms with van der Waals surface area (Å²) < 4.78 is 7.34. The number of hydrogen-bond acceptors (Lipinski definition) is 4. The van der Waals surface area contributed by atoms with Gasteiger partial charge in [-0.15, -0.1) is 0 Å². The van der Waals surface area contributed by atoms with Gasteiger partial charge in [0, 0.05) is 20.0 Å². The van der Waals surface area contributed by atoms with Crippen LogP contribution in [0.3, 0.4) is 0 Å². The molecule has 7 nitrogen and oxygen atoms in total. The van der Waals surface area contributed by atoms with E-state index in [-0.39, 0.29) is 17.6 Å². The van der Waals surface area contributed by atoms with Gasteiger partial charge >= 0.3 is 5.69 Å². The van der Waals surface area contributed by atoms with Crippen molar-refractivity contribution in [1.29, 1.82) is 0 Å². The molecule has 2 unspecified atom stereocenters. The van der Waals surface area contributed by atoms with Gasteiger partial charge in [-0.1, -0.05) is 6.07 Å². The lowest BCUT2D eigenvalue weighted by atomic mass is 9.94. The topological polar surface area (TPSA) is 80.2 Å². The van der Waals surface area contributed by atoms with Crippen LogP contribution in [0.2, 0.25) is 0 Å². The smallest absolute Gasteiger partial charge is 0.343 e. The number of aryl methyl sites for hydroxylation is 1. The summed E-state index contributed by atoms with van der Waals surface area (Å²) >= 11 is 0. The standard InChI is InChI=1S/C20H24N4O3/c1-11-9-13-6-8-27-17(13)15(10-11)19(25)24-7-5-14(12-3-4-12)16(24)18-21-22-20(26)23(18)2/h9-10,12,14,16H,3-8H2,1-2H3,(H,22,26). The quantitative estimate of drug-likeness (QED) is 0.898. The van der Waals surface area contributed by atoms with E-state index in [1.165, 1.54) is 12.8 Å². The van der Waals surface area contributed by atoms with Crippen LogP contribution in [0, 0.1) is 18.8 Å². The van der Waals surface area contributed by atoms with E-state index in [9.17, 15) is 9.59 Å². The molecule has 2 atom stereocenters. The first-order valence-corrected chi connectivity index (χ1v) is 9.73. The largest absolute Gasteiger partial charge is 0.492 e. The highest BCUT2D eigenvalue weighted by molar-refractivity contribution is 5.98. The number of H-pyrrole nitrogens is 1. The molecule has 142 valence electrons. The number of amides is 1. The summed E-state index contributed by atoms with van der Waals surface area (Å²) in [6.07, 6.45) is 4.20. The molecule has 3 aliphatic rings. The van der Waals surface area contributed by atoms with Crippen LogP contribution in [0.25, 0.3) is 0 Å². The fourth-order valence-corrected chi connectivity index (χ4v) is 4.80. The second-order valence-corrected chi connectivity index (χ2v) is 8.08. The number of carbonyl (C=O) groups excluding carboxylic acids is 1. The fraction of sp³-hybridized carbons (Fsp3) is 0.550. The zero-order chi connectivity index (χ0) is 18.7. The monoisotopic (exact) mass is 368 g/mol. The molecule has 7 heteroatoms. The lowest BCUT2D eigenvalue weighted by Crippen LogP contribution is -2.35. The Kier molecular flexibility index (Phi) is 3.67. The molecule has 2 aliphatic heterocycles. The first kappa shape index (κ1) is 16.6. The number of ether oxygens (including phenoxy) is 1. The van der Waals surface area contributed by atoms with Gasteiger partial charge in [-0.3, -0.25) is 9.36 Å². The Bertz CT molecular complexity index is 972. The molecule has 1 aromatic carbocycles. The minimum atomic E-state index is -0.237. The first-order chi connectivity index (χ1) is 13.0. The van der Waals surface area contributed by atoms with E-state index in [4.69, 9.17) is 4.74 Å². The molecular weight excluding hydrogens is 344 g/mol. The summed E-state index contributed by atoms with van der Waals surface area (Å²) in [6, 6.07) is 3.87. The van der Waals surface area contributed by atoms with Crippen molar-refractivity contribution in [3.05, 3.63) is 45.1 Å². The van der Waals surface area contributed by atoms with Gasteiger partial charge in [-0.05, 0) is 55.2 Å². The molecule has 2 fully saturated rings. The number of rotatable bonds is 3. The van der Waals surface area contributed by atoms with Crippen LogP contribution >= 0.6 is 0 Å². The van der Waals surface area contributed by atoms with Crippen molar-refractivity contribution >= 4 is 5.91 Å². The minimum Gasteiger partial charge on any atom is -0.492 e. The predicted octanol–water partition coefficient (Wildman–Crippen LogP) is 1.97. The van der Waals surface area contributed by atoms with Crippen LogP contribution in [-0.2, 0) is 13.5 Å². The van der Waals surface area contributed by atoms with Crippen LogP contribution in [0.5, 0.6) is 5.75 Å². The number of aromatic amines is 1. The van der Waals surface area contributed by atoms with Crippen LogP contribution in [0.15, 0.2) is 16.9 Å². The van der Waals surface area contributed by atoms with E-state index in [1.807, 2.05) is 17.9 Å². The van der Waals surface area contributed by atoms with Crippen LogP contribution in [0.4, 0.5) is 0 Å². The molecule has 0 spiro atoms. The molecule has 5 rings (SSSR count). The number of aromatic nitrogens is 3. The zero-order valence-corrected chi connectivity index (χ0v) is 15.7. The average Bonchev–Trinajstić information content (AvgIpc) is 3.08. The average molecular weight is 368 g/mol. The second-order valence-electron chi connectivity index (χ2n) is 8.08. The van der Waals surface area contributed by atoms with Gasteiger partial charge in [0.2, 0.25) is 0 Å². The van der Waals surface area contributed by atoms with Crippen molar-refractivity contribution in [3.63, 3.8) is 0 Å². The van der Waals surface area contributed by atoms with E-state index >= 15 is 0 Å². The summed E-state index contributed by atoms with van der Waals surface area (Å²) in [7, 11) is 1.72. The van der Waals surface area contributed by atoms with Crippen molar-refractivity contribution in [2.24, 2.45) is 18.9 Å². The minimum absolute atomic E-state index is 0.0135. The Morgan fingerprint density at radius 1 is 1.30 bits per heavy atom. The molecule has 1 saturated heterocycles. The number of hydrogen-bond donors (Lipinski definition) is 1. The van der Waals surface area contributed by atoms with Crippen molar-refractivity contribution in [2.75, 3.05) is 13.2 Å². The van der Waals surface area contributed by atoms with Gasteiger partial charge in [0.05, 0.1) is 18.2 Å². The van der Waals surface area contributed by atoms with Crippen LogP contribution in [-0.4, -0.2) is 38.7 Å². The van der Waals surface area contributed by atoms with Crippen molar-refractivity contribution < 1.29 is 9.53 Å². The van der Waals surface area contributed by atoms with Gasteiger partial charge in [-0.25, -0.2) is 9.89 Å². The summed E-state index contributed by atoms with van der Waals surface area (Å²) in [6.45, 7) is 3.33. The fourth-order valence-electron chi connectivity index (χ4n) is 4.80. The maximum Gasteiger partial charge on any atom is 0.343 e. The maximum absolute atomic E-state index is 13.6. The lowest BCUT2D eigenvalue weighted by Gasteiger charge is -2.28. The molecule has 0 radical (unpaired) electrons. The van der Waals surface area contributed by atoms with E-state index < -0.39 is 0 Å². The van der Waals surface area contributed by atoms with E-state index in [0.717, 1.165) is 29.7 Å². The predicted molar refractivity (Wildman–Crippen MR) is 98.8 cm³/mol. The van der Waals surface area contributed by atoms with Crippen molar-refractivity contribution in [3.8, 4) is 5.75 Å². The third-order valence-corrected chi connectivity index (χ3v) is 6.27. The molecule has 0 bridgehead atoms. The highest BCUT2D eigenvalue weighted by Gasteiger charge is 2.48. The Morgan fingerprint density at radius 3 is 2.81 bits per heavy atom. The Balaban J connectivity index is 1.56. The summed E-state index contributed by atoms with van der Waals surface area (Å²) in [5, 5.41) is 6.81. The van der Waals surface area contributed by atoms with Crippen molar-refractivity contribution in [1.82, 2.24) is 19.7 Å². The normalized spacial score (nSPS) is 24.1. The number of nitrogens with one attached hydrogen (secondary N) is 1. The zero-order valence-electron chi connectivity index (χ0n) is 15.7. The molecular formula is C20H24N4O3. The molecule has 1 saturated carbocycles. The Morgan fingerprint density at radius 2 is 2.11 bits per heavy atom. The highest BCUT2D eigenvalue weighted by Crippen LogP contribution is 2.50. The summed E-state index contributed by atoms with van der Waals surface area (Å²) in [4.78, 5) is 27.4. The number of fused-ring (bicyclic) bond motifs is 1. The van der Waals surface area contributed by atoms with E-state index in [0.29, 0.717) is 36.4 Å². The third kappa shape index (κ3) is 2.59. The Hall–Kier alpha value is -2.57. The molecule has 1 aromatic heterocycles. The van der Waals surface area contributed by atoms with E-state index in [2.05, 4.69) is 16.3 Å². The van der Waals surface area contributed by atoms with Gasteiger partial charge < -0.3 is 9.64 Å². The Labute approximate surface area is 157 Å². The highest BCUT2D eigenvalue weighted by atomic mass is 16.5. The number of benzene rings is 1. The lowest BCUT2D eigenvalue weighted by molar-refractivity contribution is 0.0698. The maximum atomic E-state index is 13.6. The van der Waals surface area contributed by atoms with Gasteiger partial charge in [0.25, 0.3) is 5.91 Å². The van der Waals surface area contributed by atoms with Crippen molar-refractivity contribution in [2.45, 2.75) is 38.6 Å². The molecule has 1 N–H and O–H groups in total. The SMILES string of the molecule is Cc1cc2c(c(C(=O)N3CCC(C4CC4)C3c3n[nH]c(=O)n3C)c1)OCC2. The van der Waals surface area contributed by atoms with Gasteiger partial charge in [-0.2, -0.15) is 5.10 Å². The molecule has 27 heavy (non-hydrogen) atoms. The summed E-state index contributed by atoms with van der Waals surface area (Å²) in [5.74, 6) is 2.37. The number of carbonyl (C=O) groups is 1. The number of likely N-dealkylation sites (tertiary alicyclic amines) is 1. The molecule has 3 heterocycles. The molecule has 1 aliphatic carbocycles. The van der Waals surface area contributed by atoms with Gasteiger partial charge in [0.1, 0.15) is 5.75 Å². The first-order valence-electron chi connectivity index (χ1n) is 9.73. The number of nitrogens with zero attached hydrogens (tertiary/aromatic N) is 3. The van der Waals surface area contributed by atoms with Gasteiger partial charge in [0.15, 0.2) is 5.82 Å². The van der Waals surface area contributed by atoms with Crippen LogP contribution < -0.4 is 10.4 Å². The second kappa shape index (κ2) is 5.97. The van der Waals surface area contributed by atoms with Crippen LogP contribution in [0.1, 0.15) is 52.6 Å². The van der Waals surface area contributed by atoms with E-state index in [1.54, 1.807) is 11.6 Å². The third-order valence-electron chi connectivity index (χ3n) is 6.27. The summed E-state index contributed by atoms with van der Waals surface area (Å²) in [5.41, 5.74) is 2.59. The molecule has 1 amide bonds.